The van der Waals surface area contributed by atoms with Gasteiger partial charge >= 0.3 is 0 Å². The zero-order valence-corrected chi connectivity index (χ0v) is 14.3. The molecule has 1 fully saturated rings. The lowest BCUT2D eigenvalue weighted by atomic mass is 9.69. The first-order chi connectivity index (χ1) is 8.85. The summed E-state index contributed by atoms with van der Waals surface area (Å²) in [6, 6.07) is 1.19. The molecule has 0 aromatic rings. The second kappa shape index (κ2) is 7.78. The van der Waals surface area contributed by atoms with Crippen molar-refractivity contribution in [3.63, 3.8) is 0 Å². The van der Waals surface area contributed by atoms with E-state index < -0.39 is 10.8 Å². The van der Waals surface area contributed by atoms with Gasteiger partial charge in [-0.2, -0.15) is 0 Å². The molecule has 2 atom stereocenters. The van der Waals surface area contributed by atoms with Crippen LogP contribution < -0.4 is 5.32 Å². The number of hydrogen-bond donors (Lipinski definition) is 1. The second-order valence-electron chi connectivity index (χ2n) is 7.02. The van der Waals surface area contributed by atoms with E-state index in [9.17, 15) is 4.21 Å². The maximum absolute atomic E-state index is 11.1. The summed E-state index contributed by atoms with van der Waals surface area (Å²) in [6.45, 7) is 9.39. The minimum atomic E-state index is -0.651. The fourth-order valence-corrected chi connectivity index (χ4v) is 3.84. The predicted molar refractivity (Wildman–Crippen MR) is 86.0 cm³/mol. The van der Waals surface area contributed by atoms with Crippen molar-refractivity contribution in [3.05, 3.63) is 0 Å². The first-order valence-electron chi connectivity index (χ1n) is 7.91. The van der Waals surface area contributed by atoms with Crippen LogP contribution in [0, 0.1) is 11.3 Å². The Morgan fingerprint density at radius 2 is 1.84 bits per heavy atom. The minimum Gasteiger partial charge on any atom is -0.311 e. The molecule has 2 nitrogen and oxygen atoms in total. The van der Waals surface area contributed by atoms with Crippen molar-refractivity contribution < 1.29 is 4.21 Å². The minimum absolute atomic E-state index is 0.504. The van der Waals surface area contributed by atoms with Crippen molar-refractivity contribution in [2.45, 2.75) is 78.3 Å². The predicted octanol–water partition coefficient (Wildman–Crippen LogP) is 3.73. The van der Waals surface area contributed by atoms with E-state index in [0.717, 1.165) is 18.1 Å². The molecule has 0 heterocycles. The summed E-state index contributed by atoms with van der Waals surface area (Å²) in [5.74, 6) is 1.72. The van der Waals surface area contributed by atoms with E-state index in [1.54, 1.807) is 6.26 Å². The molecule has 0 saturated heterocycles. The Hall–Kier alpha value is 0.110. The second-order valence-corrected chi connectivity index (χ2v) is 8.58. The first kappa shape index (κ1) is 17.2. The summed E-state index contributed by atoms with van der Waals surface area (Å²) in [6.07, 6.45) is 9.47. The quantitative estimate of drug-likeness (QED) is 0.773. The Balaban J connectivity index is 2.28. The zero-order chi connectivity index (χ0) is 14.5. The van der Waals surface area contributed by atoms with Gasteiger partial charge < -0.3 is 5.32 Å². The van der Waals surface area contributed by atoms with Crippen molar-refractivity contribution in [2.24, 2.45) is 11.3 Å². The van der Waals surface area contributed by atoms with Gasteiger partial charge in [-0.3, -0.25) is 4.21 Å². The van der Waals surface area contributed by atoms with Gasteiger partial charge in [0, 0.05) is 34.9 Å². The molecule has 0 aliphatic heterocycles. The molecular formula is C16H33NOS. The smallest absolute Gasteiger partial charge is 0.0246 e. The summed E-state index contributed by atoms with van der Waals surface area (Å²) in [5, 5.41) is 3.73. The van der Waals surface area contributed by atoms with Gasteiger partial charge in [0.1, 0.15) is 0 Å². The van der Waals surface area contributed by atoms with Crippen molar-refractivity contribution in [2.75, 3.05) is 12.0 Å². The van der Waals surface area contributed by atoms with Crippen molar-refractivity contribution in [1.29, 1.82) is 0 Å². The third-order valence-electron chi connectivity index (χ3n) is 5.10. The van der Waals surface area contributed by atoms with E-state index in [2.05, 4.69) is 33.0 Å². The molecule has 0 spiro atoms. The summed E-state index contributed by atoms with van der Waals surface area (Å²) >= 11 is 0. The molecule has 1 rings (SSSR count). The van der Waals surface area contributed by atoms with Crippen molar-refractivity contribution >= 4 is 10.8 Å². The van der Waals surface area contributed by atoms with Crippen LogP contribution in [0.3, 0.4) is 0 Å². The topological polar surface area (TPSA) is 29.1 Å². The molecule has 1 saturated carbocycles. The lowest BCUT2D eigenvalue weighted by Crippen LogP contribution is -2.41. The lowest BCUT2D eigenvalue weighted by molar-refractivity contribution is 0.134. The molecular weight excluding hydrogens is 254 g/mol. The fourth-order valence-electron chi connectivity index (χ4n) is 3.16. The molecule has 114 valence electrons. The van der Waals surface area contributed by atoms with E-state index in [0.29, 0.717) is 17.5 Å². The van der Waals surface area contributed by atoms with Gasteiger partial charge in [0.2, 0.25) is 0 Å². The highest BCUT2D eigenvalue weighted by Crippen LogP contribution is 2.40. The largest absolute Gasteiger partial charge is 0.311 e. The molecule has 2 unspecified atom stereocenters. The first-order valence-corrected chi connectivity index (χ1v) is 9.64. The Morgan fingerprint density at radius 1 is 1.26 bits per heavy atom. The highest BCUT2D eigenvalue weighted by atomic mass is 32.2. The molecule has 19 heavy (non-hydrogen) atoms. The summed E-state index contributed by atoms with van der Waals surface area (Å²) in [7, 11) is -0.651. The highest BCUT2D eigenvalue weighted by molar-refractivity contribution is 7.84. The molecule has 0 radical (unpaired) electrons. The van der Waals surface area contributed by atoms with Crippen molar-refractivity contribution in [3.8, 4) is 0 Å². The van der Waals surface area contributed by atoms with Gasteiger partial charge in [0.25, 0.3) is 0 Å². The summed E-state index contributed by atoms with van der Waals surface area (Å²) in [5.41, 5.74) is 0.510. The molecule has 0 aromatic carbocycles. The third-order valence-corrected chi connectivity index (χ3v) is 5.91. The normalized spacial score (nSPS) is 28.1. The van der Waals surface area contributed by atoms with E-state index in [-0.39, 0.29) is 0 Å². The van der Waals surface area contributed by atoms with Crippen LogP contribution in [-0.4, -0.2) is 28.3 Å². The van der Waals surface area contributed by atoms with E-state index in [1.165, 1.54) is 32.1 Å². The molecule has 0 aromatic heterocycles. The monoisotopic (exact) mass is 287 g/mol. The third kappa shape index (κ3) is 5.95. The van der Waals surface area contributed by atoms with Crippen LogP contribution in [0.4, 0.5) is 0 Å². The Kier molecular flexibility index (Phi) is 7.02. The molecule has 3 heteroatoms. The average Bonchev–Trinajstić information content (AvgIpc) is 2.37. The van der Waals surface area contributed by atoms with Crippen LogP contribution >= 0.6 is 0 Å². The van der Waals surface area contributed by atoms with E-state index in [4.69, 9.17) is 0 Å². The Bertz CT molecular complexity index is 282. The van der Waals surface area contributed by atoms with Gasteiger partial charge in [0.15, 0.2) is 0 Å². The van der Waals surface area contributed by atoms with Gasteiger partial charge in [-0.25, -0.2) is 0 Å². The van der Waals surface area contributed by atoms with Crippen LogP contribution in [0.2, 0.25) is 0 Å². The SMILES string of the molecule is CCC(C)(C)C1CCC(NC(C)CCS(C)=O)CC1. The van der Waals surface area contributed by atoms with Gasteiger partial charge in [-0.1, -0.05) is 27.2 Å². The molecule has 1 aliphatic rings. The van der Waals surface area contributed by atoms with Gasteiger partial charge in [-0.15, -0.1) is 0 Å². The Labute approximate surface area is 122 Å². The van der Waals surface area contributed by atoms with E-state index in [1.807, 2.05) is 0 Å². The maximum Gasteiger partial charge on any atom is 0.0246 e. The van der Waals surface area contributed by atoms with Crippen molar-refractivity contribution in [1.82, 2.24) is 5.32 Å². The highest BCUT2D eigenvalue weighted by Gasteiger charge is 2.31. The number of rotatable bonds is 7. The average molecular weight is 288 g/mol. The van der Waals surface area contributed by atoms with E-state index >= 15 is 0 Å². The number of nitrogens with one attached hydrogen (secondary N) is 1. The van der Waals surface area contributed by atoms with Crippen LogP contribution in [0.5, 0.6) is 0 Å². The molecule has 0 amide bonds. The molecule has 0 bridgehead atoms. The summed E-state index contributed by atoms with van der Waals surface area (Å²) < 4.78 is 11.1. The number of hydrogen-bond acceptors (Lipinski definition) is 2. The maximum atomic E-state index is 11.1. The van der Waals surface area contributed by atoms with Crippen LogP contribution in [-0.2, 0) is 10.8 Å². The zero-order valence-electron chi connectivity index (χ0n) is 13.5. The van der Waals surface area contributed by atoms with Crippen LogP contribution in [0.15, 0.2) is 0 Å². The standard InChI is InChI=1S/C16H33NOS/c1-6-16(3,4)14-7-9-15(10-8-14)17-13(2)11-12-19(5)18/h13-15,17H,6-12H2,1-5H3. The van der Waals surface area contributed by atoms with Gasteiger partial charge in [0.05, 0.1) is 0 Å². The van der Waals surface area contributed by atoms with Crippen LogP contribution in [0.1, 0.15) is 66.2 Å². The van der Waals surface area contributed by atoms with Crippen LogP contribution in [0.25, 0.3) is 0 Å². The lowest BCUT2D eigenvalue weighted by Gasteiger charge is -2.39. The Morgan fingerprint density at radius 3 is 2.32 bits per heavy atom. The molecule has 1 N–H and O–H groups in total. The summed E-state index contributed by atoms with van der Waals surface area (Å²) in [4.78, 5) is 0. The van der Waals surface area contributed by atoms with Gasteiger partial charge in [-0.05, 0) is 50.4 Å². The molecule has 1 aliphatic carbocycles. The fraction of sp³-hybridized carbons (Fsp3) is 1.00.